The minimum absolute atomic E-state index is 0.760. The molecule has 0 saturated heterocycles. The number of hydrogen-bond donors (Lipinski definition) is 0. The molecule has 0 amide bonds. The predicted molar refractivity (Wildman–Crippen MR) is 57.3 cm³/mol. The first kappa shape index (κ1) is 8.73. The van der Waals surface area contributed by atoms with Crippen LogP contribution < -0.4 is 0 Å². The van der Waals surface area contributed by atoms with Crippen molar-refractivity contribution in [2.24, 2.45) is 0 Å². The predicted octanol–water partition coefficient (Wildman–Crippen LogP) is 3.77. The van der Waals surface area contributed by atoms with E-state index in [-0.39, 0.29) is 0 Å². The molecule has 2 rings (SSSR count). The Morgan fingerprint density at radius 3 is 2.92 bits per heavy atom. The Morgan fingerprint density at radius 1 is 1.38 bits per heavy atom. The molecular formula is C10H8ClNS. The van der Waals surface area contributed by atoms with Gasteiger partial charge in [-0.05, 0) is 24.6 Å². The molecule has 0 atom stereocenters. The van der Waals surface area contributed by atoms with Gasteiger partial charge in [0.15, 0.2) is 0 Å². The van der Waals surface area contributed by atoms with Gasteiger partial charge in [-0.2, -0.15) is 0 Å². The zero-order valence-corrected chi connectivity index (χ0v) is 8.69. The molecule has 2 aromatic rings. The number of hydrogen-bond acceptors (Lipinski definition) is 2. The van der Waals surface area contributed by atoms with Crippen molar-refractivity contribution < 1.29 is 0 Å². The second kappa shape index (κ2) is 3.48. The number of benzene rings is 1. The lowest BCUT2D eigenvalue weighted by atomic mass is 10.1. The molecule has 0 aliphatic heterocycles. The Morgan fingerprint density at radius 2 is 2.23 bits per heavy atom. The fourth-order valence-electron chi connectivity index (χ4n) is 1.18. The van der Waals surface area contributed by atoms with E-state index in [0.29, 0.717) is 0 Å². The molecule has 1 nitrogen and oxygen atoms in total. The molecule has 1 aromatic carbocycles. The van der Waals surface area contributed by atoms with Crippen LogP contribution in [0.4, 0.5) is 0 Å². The standard InChI is InChI=1S/C10H8ClNS/c1-7-2-3-8(11)6-9(7)10-12-4-5-13-10/h2-6H,1H3. The Bertz CT molecular complexity index is 409. The van der Waals surface area contributed by atoms with Crippen LogP contribution in [0.2, 0.25) is 5.02 Å². The number of aryl methyl sites for hydroxylation is 1. The Balaban J connectivity index is 2.57. The molecule has 1 heterocycles. The van der Waals surface area contributed by atoms with Gasteiger partial charge in [-0.3, -0.25) is 0 Å². The van der Waals surface area contributed by atoms with E-state index in [1.165, 1.54) is 5.56 Å². The van der Waals surface area contributed by atoms with Gasteiger partial charge in [-0.25, -0.2) is 4.98 Å². The zero-order chi connectivity index (χ0) is 9.26. The number of halogens is 1. The average Bonchev–Trinajstić information content (AvgIpc) is 2.61. The molecule has 0 aliphatic rings. The van der Waals surface area contributed by atoms with Gasteiger partial charge in [0.2, 0.25) is 0 Å². The van der Waals surface area contributed by atoms with E-state index in [1.54, 1.807) is 17.5 Å². The summed E-state index contributed by atoms with van der Waals surface area (Å²) in [4.78, 5) is 4.25. The van der Waals surface area contributed by atoms with Crippen LogP contribution in [0.15, 0.2) is 29.8 Å². The molecule has 1 aromatic heterocycles. The van der Waals surface area contributed by atoms with Gasteiger partial charge in [0.1, 0.15) is 5.01 Å². The molecule has 0 aliphatic carbocycles. The SMILES string of the molecule is Cc1ccc(Cl)cc1-c1nccs1. The first-order chi connectivity index (χ1) is 6.27. The maximum absolute atomic E-state index is 5.91. The first-order valence-electron chi connectivity index (χ1n) is 3.93. The molecule has 0 radical (unpaired) electrons. The summed E-state index contributed by atoms with van der Waals surface area (Å²) < 4.78 is 0. The molecule has 3 heteroatoms. The summed E-state index contributed by atoms with van der Waals surface area (Å²) in [6.07, 6.45) is 1.81. The molecule has 66 valence electrons. The van der Waals surface area contributed by atoms with E-state index in [4.69, 9.17) is 11.6 Å². The Kier molecular flexibility index (Phi) is 2.34. The van der Waals surface area contributed by atoms with E-state index in [0.717, 1.165) is 15.6 Å². The van der Waals surface area contributed by atoms with Crippen molar-refractivity contribution in [3.05, 3.63) is 40.4 Å². The van der Waals surface area contributed by atoms with Crippen molar-refractivity contribution in [1.82, 2.24) is 4.98 Å². The lowest BCUT2D eigenvalue weighted by Crippen LogP contribution is -1.81. The Labute approximate surface area is 86.0 Å². The monoisotopic (exact) mass is 209 g/mol. The third-order valence-electron chi connectivity index (χ3n) is 1.86. The van der Waals surface area contributed by atoms with Gasteiger partial charge in [-0.1, -0.05) is 17.7 Å². The van der Waals surface area contributed by atoms with Crippen LogP contribution in [0.1, 0.15) is 5.56 Å². The van der Waals surface area contributed by atoms with Crippen molar-refractivity contribution in [2.45, 2.75) is 6.92 Å². The molecule has 13 heavy (non-hydrogen) atoms. The molecule has 0 unspecified atom stereocenters. The van der Waals surface area contributed by atoms with Crippen molar-refractivity contribution >= 4 is 22.9 Å². The highest BCUT2D eigenvalue weighted by Gasteiger charge is 2.04. The van der Waals surface area contributed by atoms with Crippen molar-refractivity contribution in [3.63, 3.8) is 0 Å². The third kappa shape index (κ3) is 1.74. The third-order valence-corrected chi connectivity index (χ3v) is 2.90. The molecule has 0 spiro atoms. The highest BCUT2D eigenvalue weighted by molar-refractivity contribution is 7.13. The van der Waals surface area contributed by atoms with Crippen LogP contribution >= 0.6 is 22.9 Å². The van der Waals surface area contributed by atoms with Crippen LogP contribution in [0.5, 0.6) is 0 Å². The second-order valence-corrected chi connectivity index (χ2v) is 4.13. The molecular weight excluding hydrogens is 202 g/mol. The van der Waals surface area contributed by atoms with Gasteiger partial charge < -0.3 is 0 Å². The van der Waals surface area contributed by atoms with Crippen molar-refractivity contribution in [1.29, 1.82) is 0 Å². The minimum Gasteiger partial charge on any atom is -0.245 e. The van der Waals surface area contributed by atoms with E-state index in [1.807, 2.05) is 23.6 Å². The number of nitrogens with zero attached hydrogens (tertiary/aromatic N) is 1. The molecule has 0 bridgehead atoms. The van der Waals surface area contributed by atoms with Gasteiger partial charge in [0.05, 0.1) is 0 Å². The maximum atomic E-state index is 5.91. The summed E-state index contributed by atoms with van der Waals surface area (Å²) in [5.74, 6) is 0. The zero-order valence-electron chi connectivity index (χ0n) is 7.12. The van der Waals surface area contributed by atoms with Crippen LogP contribution in [-0.2, 0) is 0 Å². The lowest BCUT2D eigenvalue weighted by Gasteiger charge is -2.01. The largest absolute Gasteiger partial charge is 0.245 e. The van der Waals surface area contributed by atoms with Gasteiger partial charge in [0.25, 0.3) is 0 Å². The van der Waals surface area contributed by atoms with Crippen LogP contribution in [0, 0.1) is 6.92 Å². The van der Waals surface area contributed by atoms with E-state index in [9.17, 15) is 0 Å². The summed E-state index contributed by atoms with van der Waals surface area (Å²) in [6.45, 7) is 2.06. The van der Waals surface area contributed by atoms with Gasteiger partial charge >= 0.3 is 0 Å². The van der Waals surface area contributed by atoms with Gasteiger partial charge in [0, 0.05) is 22.2 Å². The summed E-state index contributed by atoms with van der Waals surface area (Å²) in [5.41, 5.74) is 2.34. The summed E-state index contributed by atoms with van der Waals surface area (Å²) in [5, 5.41) is 3.76. The van der Waals surface area contributed by atoms with Crippen LogP contribution in [0.25, 0.3) is 10.6 Å². The number of aromatic nitrogens is 1. The normalized spacial score (nSPS) is 10.3. The van der Waals surface area contributed by atoms with E-state index in [2.05, 4.69) is 11.9 Å². The summed E-state index contributed by atoms with van der Waals surface area (Å²) in [6, 6.07) is 5.86. The summed E-state index contributed by atoms with van der Waals surface area (Å²) >= 11 is 7.54. The van der Waals surface area contributed by atoms with Crippen molar-refractivity contribution in [2.75, 3.05) is 0 Å². The fraction of sp³-hybridized carbons (Fsp3) is 0.100. The number of thiazole rings is 1. The lowest BCUT2D eigenvalue weighted by molar-refractivity contribution is 1.38. The van der Waals surface area contributed by atoms with Gasteiger partial charge in [-0.15, -0.1) is 11.3 Å². The highest BCUT2D eigenvalue weighted by atomic mass is 35.5. The quantitative estimate of drug-likeness (QED) is 0.697. The van der Waals surface area contributed by atoms with Crippen LogP contribution in [0.3, 0.4) is 0 Å². The maximum Gasteiger partial charge on any atom is 0.123 e. The molecule has 0 saturated carbocycles. The molecule has 0 N–H and O–H groups in total. The second-order valence-electron chi connectivity index (χ2n) is 2.80. The van der Waals surface area contributed by atoms with Crippen LogP contribution in [-0.4, -0.2) is 4.98 Å². The topological polar surface area (TPSA) is 12.9 Å². The summed E-state index contributed by atoms with van der Waals surface area (Å²) in [7, 11) is 0. The van der Waals surface area contributed by atoms with Crippen molar-refractivity contribution in [3.8, 4) is 10.6 Å². The van der Waals surface area contributed by atoms with E-state index < -0.39 is 0 Å². The first-order valence-corrected chi connectivity index (χ1v) is 5.19. The minimum atomic E-state index is 0.760. The average molecular weight is 210 g/mol. The fourth-order valence-corrected chi connectivity index (χ4v) is 2.07. The number of rotatable bonds is 1. The molecule has 0 fully saturated rings. The smallest absolute Gasteiger partial charge is 0.123 e. The Hall–Kier alpha value is -0.860. The highest BCUT2D eigenvalue weighted by Crippen LogP contribution is 2.27. The van der Waals surface area contributed by atoms with E-state index >= 15 is 0 Å².